The first-order chi connectivity index (χ1) is 14.3. The first kappa shape index (κ1) is 19.2. The first-order valence-electron chi connectivity index (χ1n) is 9.65. The minimum atomic E-state index is 0.164. The second kappa shape index (κ2) is 8.88. The number of para-hydroxylation sites is 1. The number of rotatable bonds is 8. The quantitative estimate of drug-likeness (QED) is 0.612. The third-order valence-corrected chi connectivity index (χ3v) is 5.00. The van der Waals surface area contributed by atoms with E-state index in [0.29, 0.717) is 37.0 Å². The minimum absolute atomic E-state index is 0.164. The van der Waals surface area contributed by atoms with Gasteiger partial charge in [-0.1, -0.05) is 48.5 Å². The molecule has 0 radical (unpaired) electrons. The molecule has 0 bridgehead atoms. The van der Waals surface area contributed by atoms with Crippen molar-refractivity contribution in [3.63, 3.8) is 0 Å². The van der Waals surface area contributed by atoms with E-state index < -0.39 is 0 Å². The number of benzene rings is 3. The van der Waals surface area contributed by atoms with Crippen LogP contribution in [0.1, 0.15) is 22.7 Å². The number of methoxy groups -OCH3 is 2. The van der Waals surface area contributed by atoms with Crippen LogP contribution in [0.15, 0.2) is 66.7 Å². The van der Waals surface area contributed by atoms with E-state index in [1.165, 1.54) is 5.56 Å². The average Bonchev–Trinajstić information content (AvgIpc) is 3.19. The number of ether oxygens (including phenoxy) is 4. The summed E-state index contributed by atoms with van der Waals surface area (Å²) in [5.41, 5.74) is 3.33. The summed E-state index contributed by atoms with van der Waals surface area (Å²) in [5, 5.41) is 3.56. The van der Waals surface area contributed by atoms with Crippen LogP contribution in [0.5, 0.6) is 23.0 Å². The summed E-state index contributed by atoms with van der Waals surface area (Å²) >= 11 is 0. The number of hydrogen-bond acceptors (Lipinski definition) is 5. The molecule has 3 aromatic carbocycles. The van der Waals surface area contributed by atoms with E-state index in [9.17, 15) is 0 Å². The maximum atomic E-state index is 6.03. The summed E-state index contributed by atoms with van der Waals surface area (Å²) in [6.07, 6.45) is 0. The van der Waals surface area contributed by atoms with Gasteiger partial charge in [-0.15, -0.1) is 0 Å². The van der Waals surface area contributed by atoms with Crippen molar-refractivity contribution in [1.29, 1.82) is 0 Å². The van der Waals surface area contributed by atoms with Gasteiger partial charge in [0.05, 0.1) is 20.3 Å². The zero-order chi connectivity index (χ0) is 20.1. The Bertz CT molecular complexity index is 933. The second-order valence-corrected chi connectivity index (χ2v) is 6.89. The molecule has 1 heterocycles. The molecular weight excluding hydrogens is 366 g/mol. The van der Waals surface area contributed by atoms with E-state index >= 15 is 0 Å². The van der Waals surface area contributed by atoms with Crippen molar-refractivity contribution in [3.8, 4) is 23.0 Å². The standard InChI is InChI=1S/C24H25NO4/c1-26-22-12-18(14-25-20-16-28-21-11-7-6-10-19(20)21)13-23(27-2)24(22)29-15-17-8-4-3-5-9-17/h3-13,20,25H,14-16H2,1-2H3. The average molecular weight is 391 g/mol. The van der Waals surface area contributed by atoms with Gasteiger partial charge in [-0.05, 0) is 29.3 Å². The topological polar surface area (TPSA) is 49.0 Å². The van der Waals surface area contributed by atoms with E-state index in [1.807, 2.05) is 60.7 Å². The number of fused-ring (bicyclic) bond motifs is 1. The van der Waals surface area contributed by atoms with Crippen molar-refractivity contribution in [2.45, 2.75) is 19.2 Å². The van der Waals surface area contributed by atoms with Gasteiger partial charge >= 0.3 is 0 Å². The van der Waals surface area contributed by atoms with E-state index in [2.05, 4.69) is 11.4 Å². The van der Waals surface area contributed by atoms with Crippen molar-refractivity contribution >= 4 is 0 Å². The molecule has 0 saturated heterocycles. The van der Waals surface area contributed by atoms with E-state index in [0.717, 1.165) is 16.9 Å². The van der Waals surface area contributed by atoms with Crippen LogP contribution in [0.3, 0.4) is 0 Å². The summed E-state index contributed by atoms with van der Waals surface area (Å²) in [7, 11) is 3.28. The molecule has 1 atom stereocenters. The second-order valence-electron chi connectivity index (χ2n) is 6.89. The molecule has 1 unspecified atom stereocenters. The molecule has 1 N–H and O–H groups in total. The highest BCUT2D eigenvalue weighted by Gasteiger charge is 2.23. The van der Waals surface area contributed by atoms with Gasteiger partial charge in [-0.3, -0.25) is 0 Å². The SMILES string of the molecule is COc1cc(CNC2COc3ccccc32)cc(OC)c1OCc1ccccc1. The molecule has 150 valence electrons. The Morgan fingerprint density at radius 2 is 1.59 bits per heavy atom. The largest absolute Gasteiger partial charge is 0.493 e. The van der Waals surface area contributed by atoms with Crippen molar-refractivity contribution in [2.75, 3.05) is 20.8 Å². The zero-order valence-electron chi connectivity index (χ0n) is 16.7. The third-order valence-electron chi connectivity index (χ3n) is 5.00. The van der Waals surface area contributed by atoms with Crippen molar-refractivity contribution in [2.24, 2.45) is 0 Å². The molecule has 0 aliphatic carbocycles. The molecule has 0 aromatic heterocycles. The lowest BCUT2D eigenvalue weighted by Gasteiger charge is -2.17. The predicted molar refractivity (Wildman–Crippen MR) is 112 cm³/mol. The molecule has 0 spiro atoms. The summed E-state index contributed by atoms with van der Waals surface area (Å²) in [6, 6.07) is 22.3. The number of hydrogen-bond donors (Lipinski definition) is 1. The Morgan fingerprint density at radius 3 is 2.31 bits per heavy atom. The molecule has 0 saturated carbocycles. The smallest absolute Gasteiger partial charge is 0.203 e. The van der Waals surface area contributed by atoms with Crippen molar-refractivity contribution in [3.05, 3.63) is 83.4 Å². The van der Waals surface area contributed by atoms with Crippen LogP contribution >= 0.6 is 0 Å². The van der Waals surface area contributed by atoms with Crippen LogP contribution in [0.25, 0.3) is 0 Å². The number of nitrogens with one attached hydrogen (secondary N) is 1. The lowest BCUT2D eigenvalue weighted by Crippen LogP contribution is -2.22. The van der Waals surface area contributed by atoms with Gasteiger partial charge in [0.1, 0.15) is 19.0 Å². The highest BCUT2D eigenvalue weighted by atomic mass is 16.5. The Morgan fingerprint density at radius 1 is 0.897 bits per heavy atom. The first-order valence-corrected chi connectivity index (χ1v) is 9.65. The lowest BCUT2D eigenvalue weighted by molar-refractivity contribution is 0.265. The maximum Gasteiger partial charge on any atom is 0.203 e. The highest BCUT2D eigenvalue weighted by molar-refractivity contribution is 5.54. The van der Waals surface area contributed by atoms with Crippen molar-refractivity contribution in [1.82, 2.24) is 5.32 Å². The molecular formula is C24H25NO4. The molecule has 0 amide bonds. The third kappa shape index (κ3) is 4.30. The maximum absolute atomic E-state index is 6.03. The van der Waals surface area contributed by atoms with E-state index in [4.69, 9.17) is 18.9 Å². The van der Waals surface area contributed by atoms with Gasteiger partial charge in [0.15, 0.2) is 11.5 Å². The van der Waals surface area contributed by atoms with Crippen LogP contribution < -0.4 is 24.3 Å². The molecule has 1 aliphatic heterocycles. The fraction of sp³-hybridized carbons (Fsp3) is 0.250. The molecule has 3 aromatic rings. The van der Waals surface area contributed by atoms with Gasteiger partial charge in [0.2, 0.25) is 5.75 Å². The summed E-state index contributed by atoms with van der Waals surface area (Å²) in [6.45, 7) is 1.74. The van der Waals surface area contributed by atoms with Gasteiger partial charge in [-0.25, -0.2) is 0 Å². The lowest BCUT2D eigenvalue weighted by atomic mass is 10.1. The van der Waals surface area contributed by atoms with E-state index in [1.54, 1.807) is 14.2 Å². The van der Waals surface area contributed by atoms with Gasteiger partial charge in [0.25, 0.3) is 0 Å². The normalized spacial score (nSPS) is 14.8. The summed E-state index contributed by atoms with van der Waals surface area (Å²) < 4.78 is 23.0. The Hall–Kier alpha value is -3.18. The van der Waals surface area contributed by atoms with Crippen molar-refractivity contribution < 1.29 is 18.9 Å². The van der Waals surface area contributed by atoms with Gasteiger partial charge in [-0.2, -0.15) is 0 Å². The molecule has 4 rings (SSSR count). The fourth-order valence-corrected chi connectivity index (χ4v) is 3.48. The Balaban J connectivity index is 1.48. The Labute approximate surface area is 171 Å². The molecule has 5 heteroatoms. The van der Waals surface area contributed by atoms with Crippen LogP contribution in [-0.4, -0.2) is 20.8 Å². The van der Waals surface area contributed by atoms with Crippen LogP contribution in [-0.2, 0) is 13.2 Å². The molecule has 0 fully saturated rings. The van der Waals surface area contributed by atoms with Gasteiger partial charge < -0.3 is 24.3 Å². The summed E-state index contributed by atoms with van der Waals surface area (Å²) in [5.74, 6) is 2.86. The molecule has 5 nitrogen and oxygen atoms in total. The fourth-order valence-electron chi connectivity index (χ4n) is 3.48. The highest BCUT2D eigenvalue weighted by Crippen LogP contribution is 2.39. The predicted octanol–water partition coefficient (Wildman–Crippen LogP) is 4.51. The molecule has 1 aliphatic rings. The van der Waals surface area contributed by atoms with E-state index in [-0.39, 0.29) is 6.04 Å². The summed E-state index contributed by atoms with van der Waals surface area (Å²) in [4.78, 5) is 0. The monoisotopic (exact) mass is 391 g/mol. The van der Waals surface area contributed by atoms with Crippen LogP contribution in [0.2, 0.25) is 0 Å². The Kier molecular flexibility index (Phi) is 5.86. The minimum Gasteiger partial charge on any atom is -0.493 e. The van der Waals surface area contributed by atoms with Gasteiger partial charge in [0, 0.05) is 12.1 Å². The van der Waals surface area contributed by atoms with Crippen LogP contribution in [0.4, 0.5) is 0 Å². The zero-order valence-corrected chi connectivity index (χ0v) is 16.7. The van der Waals surface area contributed by atoms with Crippen LogP contribution in [0, 0.1) is 0 Å². The molecule has 29 heavy (non-hydrogen) atoms.